The van der Waals surface area contributed by atoms with Gasteiger partial charge in [-0.1, -0.05) is 0 Å². The summed E-state index contributed by atoms with van der Waals surface area (Å²) in [6.45, 7) is 4.44. The molecule has 0 saturated carbocycles. The highest BCUT2D eigenvalue weighted by Crippen LogP contribution is 2.25. The van der Waals surface area contributed by atoms with Gasteiger partial charge in [0, 0.05) is 46.2 Å². The summed E-state index contributed by atoms with van der Waals surface area (Å²) in [5.74, 6) is 1.61. The van der Waals surface area contributed by atoms with Crippen molar-refractivity contribution in [1.82, 2.24) is 29.6 Å². The minimum absolute atomic E-state index is 0.0815. The van der Waals surface area contributed by atoms with Crippen molar-refractivity contribution in [3.63, 3.8) is 0 Å². The van der Waals surface area contributed by atoms with Crippen LogP contribution in [-0.2, 0) is 24.3 Å². The first kappa shape index (κ1) is 17.1. The van der Waals surface area contributed by atoms with Crippen molar-refractivity contribution >= 4 is 17.7 Å². The van der Waals surface area contributed by atoms with E-state index in [2.05, 4.69) is 25.4 Å². The maximum absolute atomic E-state index is 11.7. The summed E-state index contributed by atoms with van der Waals surface area (Å²) in [4.78, 5) is 28.6. The van der Waals surface area contributed by atoms with Gasteiger partial charge in [-0.3, -0.25) is 9.48 Å². The fourth-order valence-electron chi connectivity index (χ4n) is 2.83. The van der Waals surface area contributed by atoms with E-state index >= 15 is 0 Å². The Morgan fingerprint density at radius 2 is 2.20 bits per heavy atom. The van der Waals surface area contributed by atoms with Crippen LogP contribution in [0.4, 0.5) is 11.8 Å². The van der Waals surface area contributed by atoms with Crippen LogP contribution in [0.2, 0.25) is 0 Å². The SMILES string of the molecule is CC(=O)N1CCc2c(nc(N(C)C)nc2NCCCn2cncn2)C1. The second kappa shape index (κ2) is 7.45. The molecule has 1 amide bonds. The first-order valence-electron chi connectivity index (χ1n) is 8.43. The Labute approximate surface area is 147 Å². The van der Waals surface area contributed by atoms with E-state index in [1.54, 1.807) is 19.6 Å². The van der Waals surface area contributed by atoms with E-state index in [9.17, 15) is 4.79 Å². The van der Waals surface area contributed by atoms with Crippen molar-refractivity contribution in [3.8, 4) is 0 Å². The zero-order valence-electron chi connectivity index (χ0n) is 14.9. The number of aromatic nitrogens is 5. The van der Waals surface area contributed by atoms with Crippen LogP contribution in [0.5, 0.6) is 0 Å². The van der Waals surface area contributed by atoms with Gasteiger partial charge in [0.15, 0.2) is 0 Å². The van der Waals surface area contributed by atoms with Crippen molar-refractivity contribution in [1.29, 1.82) is 0 Å². The number of carbonyl (C=O) groups excluding carboxylic acids is 1. The van der Waals surface area contributed by atoms with Crippen molar-refractivity contribution < 1.29 is 4.79 Å². The molecule has 2 aromatic rings. The molecule has 0 unspecified atom stereocenters. The van der Waals surface area contributed by atoms with Crippen molar-refractivity contribution in [2.45, 2.75) is 32.9 Å². The third kappa shape index (κ3) is 4.04. The molecule has 9 nitrogen and oxygen atoms in total. The molecule has 2 aromatic heterocycles. The van der Waals surface area contributed by atoms with Crippen molar-refractivity contribution in [2.75, 3.05) is 37.4 Å². The van der Waals surface area contributed by atoms with Gasteiger partial charge in [0.1, 0.15) is 18.5 Å². The zero-order chi connectivity index (χ0) is 17.8. The topological polar surface area (TPSA) is 92.1 Å². The Morgan fingerprint density at radius 1 is 1.36 bits per heavy atom. The molecule has 0 aromatic carbocycles. The second-order valence-electron chi connectivity index (χ2n) is 6.32. The molecule has 0 bridgehead atoms. The van der Waals surface area contributed by atoms with Gasteiger partial charge < -0.3 is 15.1 Å². The van der Waals surface area contributed by atoms with Crippen LogP contribution in [0.3, 0.4) is 0 Å². The second-order valence-corrected chi connectivity index (χ2v) is 6.32. The number of nitrogens with one attached hydrogen (secondary N) is 1. The number of hydrogen-bond donors (Lipinski definition) is 1. The maximum Gasteiger partial charge on any atom is 0.227 e. The van der Waals surface area contributed by atoms with E-state index in [1.807, 2.05) is 28.6 Å². The smallest absolute Gasteiger partial charge is 0.227 e. The van der Waals surface area contributed by atoms with E-state index in [0.717, 1.165) is 43.0 Å². The molecule has 25 heavy (non-hydrogen) atoms. The molecule has 134 valence electrons. The number of amides is 1. The van der Waals surface area contributed by atoms with Gasteiger partial charge in [-0.05, 0) is 12.8 Å². The number of aryl methyl sites for hydroxylation is 1. The molecule has 1 aliphatic rings. The Hall–Kier alpha value is -2.71. The van der Waals surface area contributed by atoms with Crippen molar-refractivity contribution in [2.24, 2.45) is 0 Å². The lowest BCUT2D eigenvalue weighted by Crippen LogP contribution is -2.36. The van der Waals surface area contributed by atoms with Gasteiger partial charge in [0.05, 0.1) is 12.2 Å². The standard InChI is InChI=1S/C16H24N8O/c1-12(25)23-8-5-13-14(9-23)20-16(22(2)3)21-15(13)18-6-4-7-24-11-17-10-19-24/h10-11H,4-9H2,1-3H3,(H,18,20,21). The molecular formula is C16H24N8O. The first-order chi connectivity index (χ1) is 12.0. The number of carbonyl (C=O) groups is 1. The lowest BCUT2D eigenvalue weighted by molar-refractivity contribution is -0.129. The molecule has 1 aliphatic heterocycles. The Kier molecular flexibility index (Phi) is 5.11. The van der Waals surface area contributed by atoms with Crippen LogP contribution in [-0.4, -0.2) is 62.7 Å². The summed E-state index contributed by atoms with van der Waals surface area (Å²) in [6.07, 6.45) is 4.94. The lowest BCUT2D eigenvalue weighted by Gasteiger charge is -2.29. The van der Waals surface area contributed by atoms with E-state index in [0.29, 0.717) is 19.0 Å². The molecule has 9 heteroatoms. The predicted octanol–water partition coefficient (Wildman–Crippen LogP) is 0.541. The average molecular weight is 344 g/mol. The first-order valence-corrected chi connectivity index (χ1v) is 8.43. The van der Waals surface area contributed by atoms with E-state index in [1.165, 1.54) is 0 Å². The third-order valence-electron chi connectivity index (χ3n) is 4.22. The molecule has 0 atom stereocenters. The Morgan fingerprint density at radius 3 is 2.88 bits per heavy atom. The fourth-order valence-corrected chi connectivity index (χ4v) is 2.83. The summed E-state index contributed by atoms with van der Waals surface area (Å²) in [6, 6.07) is 0. The molecule has 0 saturated heterocycles. The maximum atomic E-state index is 11.7. The summed E-state index contributed by atoms with van der Waals surface area (Å²) in [5.41, 5.74) is 2.04. The van der Waals surface area contributed by atoms with Gasteiger partial charge in [-0.15, -0.1) is 0 Å². The number of nitrogens with zero attached hydrogens (tertiary/aromatic N) is 7. The summed E-state index contributed by atoms with van der Waals surface area (Å²) in [7, 11) is 3.84. The summed E-state index contributed by atoms with van der Waals surface area (Å²) in [5, 5.41) is 7.53. The fraction of sp³-hybridized carbons (Fsp3) is 0.562. The molecule has 1 N–H and O–H groups in total. The minimum atomic E-state index is 0.0815. The molecule has 3 heterocycles. The van der Waals surface area contributed by atoms with Crippen LogP contribution < -0.4 is 10.2 Å². The Balaban J connectivity index is 1.72. The Bertz CT molecular complexity index is 728. The van der Waals surface area contributed by atoms with Crippen LogP contribution >= 0.6 is 0 Å². The number of fused-ring (bicyclic) bond motifs is 1. The predicted molar refractivity (Wildman–Crippen MR) is 94.3 cm³/mol. The highest BCUT2D eigenvalue weighted by molar-refractivity contribution is 5.73. The number of rotatable bonds is 6. The monoisotopic (exact) mass is 344 g/mol. The number of hydrogen-bond acceptors (Lipinski definition) is 7. The zero-order valence-corrected chi connectivity index (χ0v) is 14.9. The highest BCUT2D eigenvalue weighted by Gasteiger charge is 2.24. The van der Waals surface area contributed by atoms with Gasteiger partial charge in [-0.25, -0.2) is 9.97 Å². The minimum Gasteiger partial charge on any atom is -0.370 e. The third-order valence-corrected chi connectivity index (χ3v) is 4.22. The van der Waals surface area contributed by atoms with Gasteiger partial charge in [0.25, 0.3) is 0 Å². The van der Waals surface area contributed by atoms with Gasteiger partial charge in [-0.2, -0.15) is 10.1 Å². The summed E-state index contributed by atoms with van der Waals surface area (Å²) < 4.78 is 1.81. The molecule has 3 rings (SSSR count). The normalized spacial score (nSPS) is 13.5. The quantitative estimate of drug-likeness (QED) is 0.765. The molecule has 0 spiro atoms. The largest absolute Gasteiger partial charge is 0.370 e. The summed E-state index contributed by atoms with van der Waals surface area (Å²) >= 11 is 0. The average Bonchev–Trinajstić information content (AvgIpc) is 3.11. The molecule has 0 fully saturated rings. The van der Waals surface area contributed by atoms with Gasteiger partial charge in [0.2, 0.25) is 11.9 Å². The van der Waals surface area contributed by atoms with E-state index in [4.69, 9.17) is 0 Å². The van der Waals surface area contributed by atoms with Crippen molar-refractivity contribution in [3.05, 3.63) is 23.9 Å². The molecule has 0 radical (unpaired) electrons. The highest BCUT2D eigenvalue weighted by atomic mass is 16.2. The van der Waals surface area contributed by atoms with E-state index in [-0.39, 0.29) is 5.91 Å². The van der Waals surface area contributed by atoms with Crippen LogP contribution in [0.1, 0.15) is 24.6 Å². The van der Waals surface area contributed by atoms with Crippen LogP contribution in [0.15, 0.2) is 12.7 Å². The van der Waals surface area contributed by atoms with E-state index < -0.39 is 0 Å². The van der Waals surface area contributed by atoms with Crippen LogP contribution in [0.25, 0.3) is 0 Å². The van der Waals surface area contributed by atoms with Crippen LogP contribution in [0, 0.1) is 0 Å². The molecule has 0 aliphatic carbocycles. The molecular weight excluding hydrogens is 320 g/mol. The lowest BCUT2D eigenvalue weighted by atomic mass is 10.1. The number of anilines is 2. The van der Waals surface area contributed by atoms with Gasteiger partial charge >= 0.3 is 0 Å².